The monoisotopic (exact) mass is 663 g/mol. The van der Waals surface area contributed by atoms with Gasteiger partial charge < -0.3 is 14.5 Å². The summed E-state index contributed by atoms with van der Waals surface area (Å²) in [5, 5.41) is 0. The minimum atomic E-state index is -0.263. The van der Waals surface area contributed by atoms with Gasteiger partial charge in [-0.2, -0.15) is 4.98 Å². The Labute approximate surface area is 288 Å². The van der Waals surface area contributed by atoms with E-state index in [4.69, 9.17) is 19.7 Å². The molecule has 3 aliphatic rings. The normalized spacial score (nSPS) is 21.1. The summed E-state index contributed by atoms with van der Waals surface area (Å²) in [5.74, 6) is 2.52. The van der Waals surface area contributed by atoms with Gasteiger partial charge in [0.2, 0.25) is 11.8 Å². The highest BCUT2D eigenvalue weighted by molar-refractivity contribution is 8.00. The minimum Gasteiger partial charge on any atom is -0.475 e. The molecule has 1 N–H and O–H groups in total. The molecule has 10 heteroatoms. The zero-order valence-electron chi connectivity index (χ0n) is 28.6. The zero-order valence-corrected chi connectivity index (χ0v) is 29.4. The predicted molar refractivity (Wildman–Crippen MR) is 191 cm³/mol. The first kappa shape index (κ1) is 32.4. The molecule has 0 spiro atoms. The van der Waals surface area contributed by atoms with Gasteiger partial charge in [0.05, 0.1) is 36.4 Å². The number of aryl methyl sites for hydroxylation is 2. The average Bonchev–Trinajstić information content (AvgIpc) is 3.69. The van der Waals surface area contributed by atoms with Gasteiger partial charge in [0.25, 0.3) is 5.91 Å². The van der Waals surface area contributed by atoms with Gasteiger partial charge in [-0.3, -0.25) is 14.5 Å². The van der Waals surface area contributed by atoms with E-state index in [0.29, 0.717) is 30.0 Å². The van der Waals surface area contributed by atoms with Crippen LogP contribution in [0.1, 0.15) is 80.1 Å². The fraction of sp³-hybridized carbons (Fsp3) is 0.447. The topological polar surface area (TPSA) is 96.4 Å². The molecule has 4 aromatic rings. The van der Waals surface area contributed by atoms with E-state index in [1.807, 2.05) is 41.4 Å². The Morgan fingerprint density at radius 2 is 1.79 bits per heavy atom. The van der Waals surface area contributed by atoms with Crippen LogP contribution in [0.5, 0.6) is 5.88 Å². The fourth-order valence-electron chi connectivity index (χ4n) is 7.67. The van der Waals surface area contributed by atoms with Crippen LogP contribution in [0.2, 0.25) is 0 Å². The molecule has 4 bridgehead atoms. The fourth-order valence-corrected chi connectivity index (χ4v) is 8.30. The smallest absolute Gasteiger partial charge is 0.254 e. The van der Waals surface area contributed by atoms with Crippen molar-refractivity contribution in [1.82, 2.24) is 24.8 Å². The summed E-state index contributed by atoms with van der Waals surface area (Å²) in [5.41, 5.74) is 5.42. The number of hydrogen-bond donors (Lipinski definition) is 1. The lowest BCUT2D eigenvalue weighted by Crippen LogP contribution is -2.45. The Bertz CT molecular complexity index is 1790. The molecule has 0 unspecified atom stereocenters. The van der Waals surface area contributed by atoms with Gasteiger partial charge in [0.1, 0.15) is 12.4 Å². The summed E-state index contributed by atoms with van der Waals surface area (Å²) >= 11 is 1.38. The highest BCUT2D eigenvalue weighted by Crippen LogP contribution is 2.40. The van der Waals surface area contributed by atoms with E-state index >= 15 is 0 Å². The SMILES string of the molecule is Cc1cccc(C)c1-c1cc2nc(n1)NSc1cccc(c1)C(=O)N(Cc1cncc(N3CC[C@@H]4CCC[C@@H]43)n1)[C@H](CC(C)(C)C)CO2. The van der Waals surface area contributed by atoms with Gasteiger partial charge in [-0.05, 0) is 92.1 Å². The van der Waals surface area contributed by atoms with Crippen molar-refractivity contribution in [1.29, 1.82) is 0 Å². The molecule has 2 fully saturated rings. The number of fused-ring (bicyclic) bond motifs is 5. The standard InChI is InChI=1S/C38H45N7O2S/c1-24-9-6-10-25(2)35(24)31-18-34-42-37(41-31)43-48-30-13-7-12-27(17-30)36(46)45(29(23-47-34)19-38(3,4)5)22-28-20-39-21-33(40-28)44-16-15-26-11-8-14-32(26)44/h6-7,9-10,12-13,17-18,20-21,26,29,32H,8,11,14-16,19,22-23H2,1-5H3,(H,41,42,43)/t26-,29+,32-/m0/s1. The molecular formula is C38H45N7O2S. The first-order valence-electron chi connectivity index (χ1n) is 17.1. The number of rotatable bonds is 5. The Morgan fingerprint density at radius 3 is 2.60 bits per heavy atom. The molecule has 9 nitrogen and oxygen atoms in total. The van der Waals surface area contributed by atoms with Crippen molar-refractivity contribution < 1.29 is 9.53 Å². The first-order chi connectivity index (χ1) is 23.1. The zero-order chi connectivity index (χ0) is 33.4. The first-order valence-corrected chi connectivity index (χ1v) is 17.9. The number of hydrogen-bond acceptors (Lipinski definition) is 9. The molecular weight excluding hydrogens is 619 g/mol. The molecule has 250 valence electrons. The third-order valence-corrected chi connectivity index (χ3v) is 10.6. The summed E-state index contributed by atoms with van der Waals surface area (Å²) in [6, 6.07) is 16.2. The van der Waals surface area contributed by atoms with Gasteiger partial charge in [-0.15, -0.1) is 0 Å². The van der Waals surface area contributed by atoms with E-state index < -0.39 is 0 Å². The number of ether oxygens (including phenoxy) is 1. The molecule has 2 aliphatic heterocycles. The van der Waals surface area contributed by atoms with Crippen LogP contribution in [0, 0.1) is 25.2 Å². The van der Waals surface area contributed by atoms with Crippen molar-refractivity contribution in [2.24, 2.45) is 11.3 Å². The van der Waals surface area contributed by atoms with Crippen molar-refractivity contribution in [2.45, 2.75) is 90.2 Å². The number of carbonyl (C=O) groups is 1. The van der Waals surface area contributed by atoms with Crippen LogP contribution in [0.4, 0.5) is 11.8 Å². The average molecular weight is 664 g/mol. The lowest BCUT2D eigenvalue weighted by Gasteiger charge is -2.35. The summed E-state index contributed by atoms with van der Waals surface area (Å²) in [6.07, 6.45) is 9.42. The van der Waals surface area contributed by atoms with Crippen molar-refractivity contribution in [3.63, 3.8) is 0 Å². The summed E-state index contributed by atoms with van der Waals surface area (Å²) in [6.45, 7) is 12.4. The highest BCUT2D eigenvalue weighted by Gasteiger charge is 2.38. The second kappa shape index (κ2) is 13.4. The van der Waals surface area contributed by atoms with E-state index in [1.54, 1.807) is 6.20 Å². The molecule has 1 saturated carbocycles. The van der Waals surface area contributed by atoms with E-state index in [0.717, 1.165) is 57.7 Å². The van der Waals surface area contributed by atoms with E-state index in [9.17, 15) is 4.79 Å². The van der Waals surface area contributed by atoms with Gasteiger partial charge in [-0.25, -0.2) is 9.97 Å². The maximum atomic E-state index is 14.6. The van der Waals surface area contributed by atoms with Crippen LogP contribution in [0.15, 0.2) is 65.8 Å². The highest BCUT2D eigenvalue weighted by atomic mass is 32.2. The van der Waals surface area contributed by atoms with Gasteiger partial charge in [0, 0.05) is 34.7 Å². The van der Waals surface area contributed by atoms with Crippen molar-refractivity contribution in [3.05, 3.63) is 83.3 Å². The van der Waals surface area contributed by atoms with Crippen LogP contribution in [-0.4, -0.2) is 56.0 Å². The molecule has 7 rings (SSSR count). The number of anilines is 2. The Kier molecular flexibility index (Phi) is 9.02. The van der Waals surface area contributed by atoms with E-state index in [2.05, 4.69) is 67.4 Å². The van der Waals surface area contributed by atoms with Gasteiger partial charge in [-0.1, -0.05) is 51.5 Å². The molecule has 1 saturated heterocycles. The second-order valence-electron chi connectivity index (χ2n) is 14.7. The van der Waals surface area contributed by atoms with Crippen molar-refractivity contribution >= 4 is 29.6 Å². The lowest BCUT2D eigenvalue weighted by molar-refractivity contribution is 0.0509. The molecule has 2 aromatic heterocycles. The Morgan fingerprint density at radius 1 is 0.979 bits per heavy atom. The van der Waals surface area contributed by atoms with Crippen molar-refractivity contribution in [3.8, 4) is 17.1 Å². The largest absolute Gasteiger partial charge is 0.475 e. The lowest BCUT2D eigenvalue weighted by atomic mass is 9.87. The minimum absolute atomic E-state index is 0.0622. The molecule has 3 atom stereocenters. The van der Waals surface area contributed by atoms with Crippen LogP contribution in [0.25, 0.3) is 11.3 Å². The second-order valence-corrected chi connectivity index (χ2v) is 15.6. The molecule has 4 heterocycles. The van der Waals surface area contributed by atoms with Crippen LogP contribution in [0.3, 0.4) is 0 Å². The van der Waals surface area contributed by atoms with E-state index in [-0.39, 0.29) is 24.0 Å². The maximum Gasteiger partial charge on any atom is 0.254 e. The summed E-state index contributed by atoms with van der Waals surface area (Å²) < 4.78 is 9.86. The number of aromatic nitrogens is 4. The Hall–Kier alpha value is -4.18. The third kappa shape index (κ3) is 6.99. The number of nitrogens with zero attached hydrogens (tertiary/aromatic N) is 6. The summed E-state index contributed by atoms with van der Waals surface area (Å²) in [7, 11) is 0. The van der Waals surface area contributed by atoms with Gasteiger partial charge in [0.15, 0.2) is 0 Å². The third-order valence-electron chi connectivity index (χ3n) is 9.81. The molecule has 2 aromatic carbocycles. The van der Waals surface area contributed by atoms with Crippen molar-refractivity contribution in [2.75, 3.05) is 22.8 Å². The molecule has 1 aliphatic carbocycles. The molecule has 0 radical (unpaired) electrons. The number of nitrogens with one attached hydrogen (secondary N) is 1. The predicted octanol–water partition coefficient (Wildman–Crippen LogP) is 7.89. The molecule has 1 amide bonds. The quantitative estimate of drug-likeness (QED) is 0.214. The maximum absolute atomic E-state index is 14.6. The Balaban J connectivity index is 1.27. The summed E-state index contributed by atoms with van der Waals surface area (Å²) in [4.78, 5) is 39.3. The number of benzene rings is 2. The van der Waals surface area contributed by atoms with Crippen LogP contribution >= 0.6 is 11.9 Å². The van der Waals surface area contributed by atoms with Crippen LogP contribution < -0.4 is 14.4 Å². The van der Waals surface area contributed by atoms with Gasteiger partial charge >= 0.3 is 0 Å². The molecule has 48 heavy (non-hydrogen) atoms. The van der Waals surface area contributed by atoms with E-state index in [1.165, 1.54) is 37.6 Å². The number of amides is 1. The van der Waals surface area contributed by atoms with Crippen LogP contribution in [-0.2, 0) is 6.54 Å². The number of carbonyl (C=O) groups excluding carboxylic acids is 1.